The van der Waals surface area contributed by atoms with Gasteiger partial charge < -0.3 is 13.7 Å². The van der Waals surface area contributed by atoms with Gasteiger partial charge in [-0.1, -0.05) is 36.0 Å². The van der Waals surface area contributed by atoms with Crippen LogP contribution < -0.4 is 4.74 Å². The van der Waals surface area contributed by atoms with Crippen molar-refractivity contribution in [1.82, 2.24) is 24.1 Å². The monoisotopic (exact) mass is 391 g/mol. The van der Waals surface area contributed by atoms with Crippen molar-refractivity contribution in [3.05, 3.63) is 84.6 Å². The molecule has 28 heavy (non-hydrogen) atoms. The molecule has 0 radical (unpaired) electrons. The minimum Gasteiger partial charge on any atom is -0.497 e. The fourth-order valence-corrected chi connectivity index (χ4v) is 3.84. The van der Waals surface area contributed by atoms with E-state index in [2.05, 4.69) is 44.7 Å². The highest BCUT2D eigenvalue weighted by Gasteiger charge is 2.13. The summed E-state index contributed by atoms with van der Waals surface area (Å²) in [6.07, 6.45) is 6.63. The molecule has 142 valence electrons. The Labute approximate surface area is 167 Å². The van der Waals surface area contributed by atoms with Crippen molar-refractivity contribution in [3.63, 3.8) is 0 Å². The van der Waals surface area contributed by atoms with Crippen molar-refractivity contribution >= 4 is 17.4 Å². The number of allylic oxidation sites excluding steroid dienone is 1. The van der Waals surface area contributed by atoms with E-state index in [1.54, 1.807) is 18.9 Å². The molecule has 4 aromatic rings. The molecule has 0 spiro atoms. The Kier molecular flexibility index (Phi) is 5.43. The Morgan fingerprint density at radius 1 is 1.14 bits per heavy atom. The highest BCUT2D eigenvalue weighted by molar-refractivity contribution is 7.98. The van der Waals surface area contributed by atoms with Crippen LogP contribution in [0.3, 0.4) is 0 Å². The average molecular weight is 392 g/mol. The smallest absolute Gasteiger partial charge is 0.191 e. The molecule has 0 aliphatic carbocycles. The zero-order valence-corrected chi connectivity index (χ0v) is 16.5. The Morgan fingerprint density at radius 2 is 2.00 bits per heavy atom. The second-order valence-electron chi connectivity index (χ2n) is 6.31. The second-order valence-corrected chi connectivity index (χ2v) is 7.25. The number of rotatable bonds is 8. The Hall–Kier alpha value is -3.06. The number of aromatic nitrogens is 5. The molecule has 0 unspecified atom stereocenters. The third-order valence-corrected chi connectivity index (χ3v) is 5.39. The lowest BCUT2D eigenvalue weighted by Gasteiger charge is -2.08. The Morgan fingerprint density at radius 3 is 2.75 bits per heavy atom. The number of methoxy groups -OCH3 is 1. The fourth-order valence-electron chi connectivity index (χ4n) is 2.99. The van der Waals surface area contributed by atoms with E-state index in [9.17, 15) is 0 Å². The van der Waals surface area contributed by atoms with Crippen LogP contribution in [0.4, 0.5) is 0 Å². The van der Waals surface area contributed by atoms with Gasteiger partial charge in [0.1, 0.15) is 17.2 Å². The van der Waals surface area contributed by atoms with E-state index in [4.69, 9.17) is 4.74 Å². The maximum Gasteiger partial charge on any atom is 0.191 e. The Balaban J connectivity index is 1.51. The van der Waals surface area contributed by atoms with Gasteiger partial charge in [0.25, 0.3) is 0 Å². The number of hydrogen-bond acceptors (Lipinski definition) is 5. The molecule has 4 rings (SSSR count). The van der Waals surface area contributed by atoms with Gasteiger partial charge in [-0.3, -0.25) is 0 Å². The maximum atomic E-state index is 5.22. The van der Waals surface area contributed by atoms with Gasteiger partial charge in [0.05, 0.1) is 12.8 Å². The minimum atomic E-state index is 0.673. The summed E-state index contributed by atoms with van der Waals surface area (Å²) < 4.78 is 9.36. The van der Waals surface area contributed by atoms with Crippen LogP contribution in [0.1, 0.15) is 17.1 Å². The van der Waals surface area contributed by atoms with Crippen LogP contribution >= 0.6 is 11.8 Å². The van der Waals surface area contributed by atoms with Crippen molar-refractivity contribution in [1.29, 1.82) is 0 Å². The number of ether oxygens (including phenoxy) is 1. The summed E-state index contributed by atoms with van der Waals surface area (Å²) in [5.74, 6) is 2.50. The summed E-state index contributed by atoms with van der Waals surface area (Å²) in [6.45, 7) is 4.55. The maximum absolute atomic E-state index is 5.22. The van der Waals surface area contributed by atoms with Crippen LogP contribution in [0.2, 0.25) is 0 Å². The predicted octanol–water partition coefficient (Wildman–Crippen LogP) is 4.00. The van der Waals surface area contributed by atoms with Crippen molar-refractivity contribution < 1.29 is 4.74 Å². The molecule has 0 aliphatic rings. The molecule has 0 saturated carbocycles. The fraction of sp³-hybridized carbons (Fsp3) is 0.190. The number of imidazole rings is 1. The predicted molar refractivity (Wildman–Crippen MR) is 111 cm³/mol. The second kappa shape index (κ2) is 8.31. The molecule has 0 saturated heterocycles. The highest BCUT2D eigenvalue weighted by Crippen LogP contribution is 2.23. The van der Waals surface area contributed by atoms with Gasteiger partial charge in [-0.05, 0) is 29.8 Å². The SMILES string of the molecule is C=CCn1c(Cc2ccc(OC)cc2)nnc1SCc1cn2ccccc2n1. The molecule has 0 N–H and O–H groups in total. The molecule has 3 aromatic heterocycles. The van der Waals surface area contributed by atoms with Crippen LogP contribution in [0.15, 0.2) is 72.7 Å². The van der Waals surface area contributed by atoms with Gasteiger partial charge in [-0.25, -0.2) is 4.98 Å². The van der Waals surface area contributed by atoms with Crippen molar-refractivity contribution in [2.24, 2.45) is 0 Å². The van der Waals surface area contributed by atoms with Gasteiger partial charge in [0.15, 0.2) is 5.16 Å². The lowest BCUT2D eigenvalue weighted by Crippen LogP contribution is -2.05. The van der Waals surface area contributed by atoms with Crippen LogP contribution in [-0.4, -0.2) is 31.3 Å². The summed E-state index contributed by atoms with van der Waals surface area (Å²) in [6, 6.07) is 14.0. The molecule has 0 fully saturated rings. The first kappa shape index (κ1) is 18.3. The molecule has 3 heterocycles. The third-order valence-electron chi connectivity index (χ3n) is 4.39. The van der Waals surface area contributed by atoms with Gasteiger partial charge in [-0.2, -0.15) is 0 Å². The van der Waals surface area contributed by atoms with Crippen LogP contribution in [-0.2, 0) is 18.7 Å². The molecule has 0 aliphatic heterocycles. The summed E-state index contributed by atoms with van der Waals surface area (Å²) in [5.41, 5.74) is 3.13. The quantitative estimate of drug-likeness (QED) is 0.336. The molecule has 0 bridgehead atoms. The lowest BCUT2D eigenvalue weighted by molar-refractivity contribution is 0.414. The van der Waals surface area contributed by atoms with Crippen molar-refractivity contribution in [2.45, 2.75) is 23.9 Å². The summed E-state index contributed by atoms with van der Waals surface area (Å²) in [5, 5.41) is 9.69. The molecule has 0 amide bonds. The zero-order valence-electron chi connectivity index (χ0n) is 15.7. The van der Waals surface area contributed by atoms with Crippen molar-refractivity contribution in [2.75, 3.05) is 7.11 Å². The van der Waals surface area contributed by atoms with Crippen LogP contribution in [0.25, 0.3) is 5.65 Å². The van der Waals surface area contributed by atoms with E-state index in [0.29, 0.717) is 13.0 Å². The minimum absolute atomic E-state index is 0.673. The number of fused-ring (bicyclic) bond motifs is 1. The number of benzene rings is 1. The summed E-state index contributed by atoms with van der Waals surface area (Å²) >= 11 is 1.64. The van der Waals surface area contributed by atoms with E-state index in [1.165, 1.54) is 0 Å². The van der Waals surface area contributed by atoms with Gasteiger partial charge in [0.2, 0.25) is 0 Å². The van der Waals surface area contributed by atoms with Gasteiger partial charge >= 0.3 is 0 Å². The molecule has 0 atom stereocenters. The third kappa shape index (κ3) is 3.94. The van der Waals surface area contributed by atoms with Gasteiger partial charge in [-0.15, -0.1) is 16.8 Å². The largest absolute Gasteiger partial charge is 0.497 e. The number of pyridine rings is 1. The zero-order chi connectivity index (χ0) is 19.3. The summed E-state index contributed by atoms with van der Waals surface area (Å²) in [4.78, 5) is 4.65. The first-order valence-corrected chi connectivity index (χ1v) is 9.96. The molecular weight excluding hydrogens is 370 g/mol. The topological polar surface area (TPSA) is 57.2 Å². The first-order valence-electron chi connectivity index (χ1n) is 8.98. The Bertz CT molecular complexity index is 1050. The van der Waals surface area contributed by atoms with Crippen molar-refractivity contribution in [3.8, 4) is 5.75 Å². The normalized spacial score (nSPS) is 11.0. The number of nitrogens with zero attached hydrogens (tertiary/aromatic N) is 5. The molecule has 7 heteroatoms. The molecular formula is C21H21N5OS. The number of thioether (sulfide) groups is 1. The van der Waals surface area contributed by atoms with E-state index in [-0.39, 0.29) is 0 Å². The van der Waals surface area contributed by atoms with E-state index < -0.39 is 0 Å². The van der Waals surface area contributed by atoms with E-state index in [1.807, 2.05) is 47.0 Å². The standard InChI is InChI=1S/C21H21N5OS/c1-3-11-26-20(13-16-7-9-18(27-2)10-8-16)23-24-21(26)28-15-17-14-25-12-5-4-6-19(25)22-17/h3-10,12,14H,1,11,13,15H2,2H3. The van der Waals surface area contributed by atoms with Gasteiger partial charge in [0, 0.05) is 31.1 Å². The summed E-state index contributed by atoms with van der Waals surface area (Å²) in [7, 11) is 1.67. The van der Waals surface area contributed by atoms with E-state index in [0.717, 1.165) is 39.4 Å². The molecule has 6 nitrogen and oxygen atoms in total. The lowest BCUT2D eigenvalue weighted by atomic mass is 10.1. The van der Waals surface area contributed by atoms with Crippen LogP contribution in [0.5, 0.6) is 5.75 Å². The molecule has 1 aromatic carbocycles. The van der Waals surface area contributed by atoms with Crippen LogP contribution in [0, 0.1) is 0 Å². The van der Waals surface area contributed by atoms with E-state index >= 15 is 0 Å². The highest BCUT2D eigenvalue weighted by atomic mass is 32.2. The first-order chi connectivity index (χ1) is 13.8. The number of hydrogen-bond donors (Lipinski definition) is 0. The average Bonchev–Trinajstić information content (AvgIpc) is 3.31.